The summed E-state index contributed by atoms with van der Waals surface area (Å²) in [6, 6.07) is 6.67. The number of nitrogens with one attached hydrogen (secondary N) is 1. The van der Waals surface area contributed by atoms with Crippen molar-refractivity contribution in [2.45, 2.75) is 31.2 Å². The predicted octanol–water partition coefficient (Wildman–Crippen LogP) is 2.22. The van der Waals surface area contributed by atoms with Gasteiger partial charge in [-0.25, -0.2) is 8.42 Å². The summed E-state index contributed by atoms with van der Waals surface area (Å²) in [5.41, 5.74) is 0.859. The zero-order valence-electron chi connectivity index (χ0n) is 13.2. The van der Waals surface area contributed by atoms with Gasteiger partial charge in [-0.1, -0.05) is 30.4 Å². The smallest absolute Gasteiger partial charge is 0.244 e. The van der Waals surface area contributed by atoms with Gasteiger partial charge in [-0.05, 0) is 37.5 Å². The van der Waals surface area contributed by atoms with Gasteiger partial charge in [-0.3, -0.25) is 4.79 Å². The third-order valence-electron chi connectivity index (χ3n) is 3.64. The minimum atomic E-state index is -3.37. The number of allylic oxidation sites excluding steroid dienone is 3. The molecule has 0 aromatic heterocycles. The van der Waals surface area contributed by atoms with Crippen LogP contribution in [0.4, 0.5) is 0 Å². The third-order valence-corrected chi connectivity index (χ3v) is 5.56. The zero-order valence-corrected chi connectivity index (χ0v) is 14.1. The van der Waals surface area contributed by atoms with Crippen LogP contribution in [0, 0.1) is 0 Å². The first-order chi connectivity index (χ1) is 11.0. The van der Waals surface area contributed by atoms with Crippen LogP contribution in [0.3, 0.4) is 0 Å². The lowest BCUT2D eigenvalue weighted by Crippen LogP contribution is -2.27. The largest absolute Gasteiger partial charge is 0.348 e. The lowest BCUT2D eigenvalue weighted by molar-refractivity contribution is -0.116. The van der Waals surface area contributed by atoms with E-state index in [0.717, 1.165) is 18.4 Å². The van der Waals surface area contributed by atoms with Gasteiger partial charge >= 0.3 is 0 Å². The van der Waals surface area contributed by atoms with E-state index in [9.17, 15) is 13.2 Å². The Hall–Kier alpha value is -1.92. The van der Waals surface area contributed by atoms with Crippen LogP contribution in [-0.2, 0) is 21.4 Å². The van der Waals surface area contributed by atoms with Crippen molar-refractivity contribution in [2.75, 3.05) is 13.1 Å². The predicted molar refractivity (Wildman–Crippen MR) is 90.2 cm³/mol. The minimum Gasteiger partial charge on any atom is -0.348 e. The standard InChI is InChI=1S/C17H22N2O3S/c1-2-3-4-7-17(20)18-14-15-8-10-16(11-9-15)23(21,22)19-12-5-6-13-19/h2-4,7-11H,5-6,12-14H2,1H3,(H,18,20)/b3-2+,7-4+. The summed E-state index contributed by atoms with van der Waals surface area (Å²) >= 11 is 0. The molecule has 1 aromatic rings. The van der Waals surface area contributed by atoms with Gasteiger partial charge in [0.1, 0.15) is 0 Å². The monoisotopic (exact) mass is 334 g/mol. The molecule has 0 saturated carbocycles. The first-order valence-electron chi connectivity index (χ1n) is 7.70. The Labute approximate surface area is 137 Å². The van der Waals surface area contributed by atoms with Crippen LogP contribution in [0.25, 0.3) is 0 Å². The van der Waals surface area contributed by atoms with Crippen molar-refractivity contribution < 1.29 is 13.2 Å². The first-order valence-corrected chi connectivity index (χ1v) is 9.14. The van der Waals surface area contributed by atoms with Crippen molar-refractivity contribution in [3.8, 4) is 0 Å². The van der Waals surface area contributed by atoms with Crippen molar-refractivity contribution in [1.82, 2.24) is 9.62 Å². The summed E-state index contributed by atoms with van der Waals surface area (Å²) in [5, 5.41) is 2.75. The summed E-state index contributed by atoms with van der Waals surface area (Å²) < 4.78 is 26.3. The third kappa shape index (κ3) is 4.77. The number of amides is 1. The fourth-order valence-electron chi connectivity index (χ4n) is 2.36. The van der Waals surface area contributed by atoms with E-state index in [0.29, 0.717) is 24.5 Å². The van der Waals surface area contributed by atoms with Crippen LogP contribution in [0.1, 0.15) is 25.3 Å². The van der Waals surface area contributed by atoms with Crippen LogP contribution in [0.5, 0.6) is 0 Å². The van der Waals surface area contributed by atoms with Gasteiger partial charge < -0.3 is 5.32 Å². The number of nitrogens with zero attached hydrogens (tertiary/aromatic N) is 1. The molecule has 1 saturated heterocycles. The second-order valence-corrected chi connectivity index (χ2v) is 7.30. The Kier molecular flexibility index (Phi) is 6.12. The summed E-state index contributed by atoms with van der Waals surface area (Å²) in [5.74, 6) is -0.183. The molecule has 0 atom stereocenters. The van der Waals surface area contributed by atoms with Crippen molar-refractivity contribution in [3.05, 3.63) is 54.1 Å². The van der Waals surface area contributed by atoms with Crippen molar-refractivity contribution in [1.29, 1.82) is 0 Å². The molecule has 1 aliphatic rings. The van der Waals surface area contributed by atoms with Crippen LogP contribution in [0.15, 0.2) is 53.5 Å². The fraction of sp³-hybridized carbons (Fsp3) is 0.353. The maximum atomic E-state index is 12.4. The molecule has 5 nitrogen and oxygen atoms in total. The number of rotatable bonds is 6. The summed E-state index contributed by atoms with van der Waals surface area (Å²) in [6.45, 7) is 3.43. The van der Waals surface area contributed by atoms with Crippen LogP contribution in [-0.4, -0.2) is 31.7 Å². The quantitative estimate of drug-likeness (QED) is 0.641. The zero-order chi connectivity index (χ0) is 16.7. The Morgan fingerprint density at radius 3 is 2.43 bits per heavy atom. The second kappa shape index (κ2) is 8.08. The average Bonchev–Trinajstić information content (AvgIpc) is 3.09. The highest BCUT2D eigenvalue weighted by Gasteiger charge is 2.26. The van der Waals surface area contributed by atoms with Crippen molar-refractivity contribution in [3.63, 3.8) is 0 Å². The maximum absolute atomic E-state index is 12.4. The molecule has 23 heavy (non-hydrogen) atoms. The van der Waals surface area contributed by atoms with E-state index in [1.165, 1.54) is 10.4 Å². The highest BCUT2D eigenvalue weighted by molar-refractivity contribution is 7.89. The highest BCUT2D eigenvalue weighted by atomic mass is 32.2. The van der Waals surface area contributed by atoms with E-state index < -0.39 is 10.0 Å². The molecule has 1 amide bonds. The molecule has 0 unspecified atom stereocenters. The van der Waals surface area contributed by atoms with Gasteiger partial charge in [0.15, 0.2) is 0 Å². The molecule has 0 aliphatic carbocycles. The SMILES string of the molecule is C/C=C/C=C/C(=O)NCc1ccc(S(=O)(=O)N2CCCC2)cc1. The second-order valence-electron chi connectivity index (χ2n) is 5.36. The van der Waals surface area contributed by atoms with Crippen molar-refractivity contribution in [2.24, 2.45) is 0 Å². The maximum Gasteiger partial charge on any atom is 0.244 e. The number of hydrogen-bond acceptors (Lipinski definition) is 3. The van der Waals surface area contributed by atoms with E-state index in [2.05, 4.69) is 5.32 Å². The molecule has 1 aromatic carbocycles. The molecule has 6 heteroatoms. The minimum absolute atomic E-state index is 0.183. The highest BCUT2D eigenvalue weighted by Crippen LogP contribution is 2.20. The molecule has 2 rings (SSSR count). The van der Waals surface area contributed by atoms with E-state index in [-0.39, 0.29) is 5.91 Å². The Bertz CT molecular complexity index is 685. The molecule has 1 heterocycles. The molecule has 0 spiro atoms. The topological polar surface area (TPSA) is 66.5 Å². The Morgan fingerprint density at radius 2 is 1.83 bits per heavy atom. The van der Waals surface area contributed by atoms with Gasteiger partial charge in [-0.2, -0.15) is 4.31 Å². The molecular weight excluding hydrogens is 312 g/mol. The van der Waals surface area contributed by atoms with Crippen LogP contribution < -0.4 is 5.32 Å². The van der Waals surface area contributed by atoms with Crippen LogP contribution >= 0.6 is 0 Å². The summed E-state index contributed by atoms with van der Waals surface area (Å²) in [6.07, 6.45) is 8.57. The molecule has 0 radical (unpaired) electrons. The number of sulfonamides is 1. The summed E-state index contributed by atoms with van der Waals surface area (Å²) in [7, 11) is -3.37. The number of carbonyl (C=O) groups excluding carboxylic acids is 1. The van der Waals surface area contributed by atoms with Gasteiger partial charge in [0.25, 0.3) is 0 Å². The normalized spacial score (nSPS) is 16.4. The van der Waals surface area contributed by atoms with Gasteiger partial charge in [0.2, 0.25) is 15.9 Å². The molecule has 1 fully saturated rings. The average molecular weight is 334 g/mol. The lowest BCUT2D eigenvalue weighted by atomic mass is 10.2. The van der Waals surface area contributed by atoms with E-state index in [4.69, 9.17) is 0 Å². The van der Waals surface area contributed by atoms with E-state index >= 15 is 0 Å². The first kappa shape index (κ1) is 17.4. The van der Waals surface area contributed by atoms with Gasteiger partial charge in [-0.15, -0.1) is 0 Å². The Balaban J connectivity index is 1.95. The van der Waals surface area contributed by atoms with Gasteiger partial charge in [0.05, 0.1) is 4.90 Å². The summed E-state index contributed by atoms with van der Waals surface area (Å²) in [4.78, 5) is 11.9. The van der Waals surface area contributed by atoms with Gasteiger partial charge in [0, 0.05) is 25.7 Å². The fourth-order valence-corrected chi connectivity index (χ4v) is 3.88. The van der Waals surface area contributed by atoms with Crippen LogP contribution in [0.2, 0.25) is 0 Å². The number of carbonyl (C=O) groups is 1. The number of hydrogen-bond donors (Lipinski definition) is 1. The van der Waals surface area contributed by atoms with E-state index in [1.807, 2.05) is 13.0 Å². The molecule has 124 valence electrons. The number of benzene rings is 1. The van der Waals surface area contributed by atoms with E-state index in [1.54, 1.807) is 36.4 Å². The molecule has 1 aliphatic heterocycles. The molecule has 1 N–H and O–H groups in total. The molecular formula is C17H22N2O3S. The Morgan fingerprint density at radius 1 is 1.17 bits per heavy atom. The molecule has 0 bridgehead atoms. The van der Waals surface area contributed by atoms with Crippen molar-refractivity contribution >= 4 is 15.9 Å². The lowest BCUT2D eigenvalue weighted by Gasteiger charge is -2.15.